The predicted molar refractivity (Wildman–Crippen MR) is 122 cm³/mol. The highest BCUT2D eigenvalue weighted by Gasteiger charge is 2.31. The van der Waals surface area contributed by atoms with Crippen LogP contribution in [0.2, 0.25) is 5.02 Å². The van der Waals surface area contributed by atoms with Crippen molar-refractivity contribution < 1.29 is 0 Å². The molecule has 1 saturated heterocycles. The van der Waals surface area contributed by atoms with Gasteiger partial charge in [-0.1, -0.05) is 41.9 Å². The van der Waals surface area contributed by atoms with Gasteiger partial charge in [0.05, 0.1) is 22.1 Å². The molecule has 30 heavy (non-hydrogen) atoms. The molecule has 0 saturated carbocycles. The van der Waals surface area contributed by atoms with Gasteiger partial charge in [-0.25, -0.2) is 0 Å². The Kier molecular flexibility index (Phi) is 4.83. The minimum Gasteiger partial charge on any atom is -0.361 e. The maximum absolute atomic E-state index is 13.7. The second-order valence-corrected chi connectivity index (χ2v) is 8.27. The van der Waals surface area contributed by atoms with Crippen LogP contribution in [0.1, 0.15) is 24.6 Å². The van der Waals surface area contributed by atoms with Crippen LogP contribution in [0.5, 0.6) is 0 Å². The number of rotatable bonds is 3. The number of benzene rings is 2. The third-order valence-electron chi connectivity index (χ3n) is 5.85. The van der Waals surface area contributed by atoms with Gasteiger partial charge in [0.1, 0.15) is 6.67 Å². The van der Waals surface area contributed by atoms with Crippen LogP contribution in [0.4, 0.5) is 0 Å². The van der Waals surface area contributed by atoms with Gasteiger partial charge in [-0.2, -0.15) is 0 Å². The fourth-order valence-electron chi connectivity index (χ4n) is 4.52. The number of para-hydroxylation sites is 1. The van der Waals surface area contributed by atoms with Gasteiger partial charge < -0.3 is 9.80 Å². The van der Waals surface area contributed by atoms with E-state index < -0.39 is 0 Å². The van der Waals surface area contributed by atoms with E-state index in [1.54, 1.807) is 6.07 Å². The molecule has 2 aliphatic heterocycles. The molecule has 152 valence electrons. The predicted octanol–water partition coefficient (Wildman–Crippen LogP) is 4.60. The average Bonchev–Trinajstić information content (AvgIpc) is 3.24. The Morgan fingerprint density at radius 3 is 2.73 bits per heavy atom. The van der Waals surface area contributed by atoms with Gasteiger partial charge >= 0.3 is 0 Å². The largest absolute Gasteiger partial charge is 0.361 e. The second kappa shape index (κ2) is 7.65. The van der Waals surface area contributed by atoms with Crippen molar-refractivity contribution in [2.24, 2.45) is 4.99 Å². The molecule has 2 aliphatic rings. The topological polar surface area (TPSA) is 40.8 Å². The van der Waals surface area contributed by atoms with E-state index >= 15 is 0 Å². The third kappa shape index (κ3) is 3.19. The molecular weight excluding hydrogens is 396 g/mol. The number of allylic oxidation sites excluding steroid dienone is 1. The Balaban J connectivity index is 1.74. The molecule has 1 unspecified atom stereocenters. The van der Waals surface area contributed by atoms with Crippen molar-refractivity contribution in [3.8, 4) is 5.69 Å². The first-order chi connectivity index (χ1) is 14.6. The zero-order valence-electron chi connectivity index (χ0n) is 16.8. The number of nitrogens with zero attached hydrogens (tertiary/aromatic N) is 4. The van der Waals surface area contributed by atoms with Crippen LogP contribution in [-0.4, -0.2) is 40.8 Å². The molecule has 5 rings (SSSR count). The van der Waals surface area contributed by atoms with E-state index in [2.05, 4.69) is 27.1 Å². The first-order valence-electron chi connectivity index (χ1n) is 10.2. The summed E-state index contributed by atoms with van der Waals surface area (Å²) in [6, 6.07) is 17.7. The van der Waals surface area contributed by atoms with Crippen LogP contribution in [0, 0.1) is 0 Å². The number of fused-ring (bicyclic) bond motifs is 1. The lowest BCUT2D eigenvalue weighted by atomic mass is 10.0. The molecule has 5 nitrogen and oxygen atoms in total. The average molecular weight is 419 g/mol. The van der Waals surface area contributed by atoms with E-state index in [-0.39, 0.29) is 11.6 Å². The number of likely N-dealkylation sites (tertiary alicyclic amines) is 1. The number of aliphatic imine (C=N–C) groups is 1. The van der Waals surface area contributed by atoms with Crippen molar-refractivity contribution in [3.05, 3.63) is 87.6 Å². The Labute approximate surface area is 180 Å². The van der Waals surface area contributed by atoms with Gasteiger partial charge in [-0.15, -0.1) is 0 Å². The molecule has 0 radical (unpaired) electrons. The summed E-state index contributed by atoms with van der Waals surface area (Å²) >= 11 is 6.44. The highest BCUT2D eigenvalue weighted by Crippen LogP contribution is 2.37. The van der Waals surface area contributed by atoms with Crippen molar-refractivity contribution in [2.45, 2.75) is 18.9 Å². The van der Waals surface area contributed by atoms with E-state index in [1.807, 2.05) is 60.3 Å². The fraction of sp³-hybridized carbons (Fsp3) is 0.250. The van der Waals surface area contributed by atoms with Crippen LogP contribution in [0.25, 0.3) is 16.5 Å². The summed E-state index contributed by atoms with van der Waals surface area (Å²) < 4.78 is 1.83. The lowest BCUT2D eigenvalue weighted by molar-refractivity contribution is 0.319. The lowest BCUT2D eigenvalue weighted by Gasteiger charge is -2.32. The summed E-state index contributed by atoms with van der Waals surface area (Å²) in [6.45, 7) is 1.61. The van der Waals surface area contributed by atoms with Crippen LogP contribution in [0.15, 0.2) is 76.3 Å². The molecule has 0 amide bonds. The molecule has 0 aliphatic carbocycles. The van der Waals surface area contributed by atoms with Gasteiger partial charge in [-0.05, 0) is 42.5 Å². The normalized spacial score (nSPS) is 18.9. The summed E-state index contributed by atoms with van der Waals surface area (Å²) in [5, 5.41) is 1.93. The molecular formula is C24H23ClN4O. The zero-order valence-corrected chi connectivity index (χ0v) is 17.6. The second-order valence-electron chi connectivity index (χ2n) is 7.86. The SMILES string of the molecule is CN1C=C(N2CCCC2c2cc3cccc(Cl)c3c(=O)n2-c2ccccc2)C=NC1. The van der Waals surface area contributed by atoms with E-state index in [4.69, 9.17) is 11.6 Å². The molecule has 0 spiro atoms. The van der Waals surface area contributed by atoms with Crippen molar-refractivity contribution in [3.63, 3.8) is 0 Å². The van der Waals surface area contributed by atoms with Crippen LogP contribution >= 0.6 is 11.6 Å². The summed E-state index contributed by atoms with van der Waals surface area (Å²) in [6.07, 6.45) is 6.12. The monoisotopic (exact) mass is 418 g/mol. The Morgan fingerprint density at radius 1 is 1.10 bits per heavy atom. The molecule has 1 fully saturated rings. The van der Waals surface area contributed by atoms with Gasteiger partial charge in [0.25, 0.3) is 5.56 Å². The minimum absolute atomic E-state index is 0.0745. The summed E-state index contributed by atoms with van der Waals surface area (Å²) in [7, 11) is 2.03. The molecule has 1 atom stereocenters. The van der Waals surface area contributed by atoms with Crippen molar-refractivity contribution >= 4 is 28.6 Å². The first kappa shape index (κ1) is 18.9. The van der Waals surface area contributed by atoms with Gasteiger partial charge in [0.2, 0.25) is 0 Å². The van der Waals surface area contributed by atoms with Crippen LogP contribution in [-0.2, 0) is 0 Å². The third-order valence-corrected chi connectivity index (χ3v) is 6.16. The quantitative estimate of drug-likeness (QED) is 0.624. The summed E-state index contributed by atoms with van der Waals surface area (Å²) in [5.74, 6) is 0. The highest BCUT2D eigenvalue weighted by molar-refractivity contribution is 6.35. The Morgan fingerprint density at radius 2 is 1.93 bits per heavy atom. The molecule has 2 aromatic carbocycles. The number of hydrogen-bond donors (Lipinski definition) is 0. The number of pyridine rings is 1. The molecule has 0 N–H and O–H groups in total. The first-order valence-corrected chi connectivity index (χ1v) is 10.6. The smallest absolute Gasteiger partial charge is 0.264 e. The van der Waals surface area contributed by atoms with E-state index in [9.17, 15) is 4.79 Å². The van der Waals surface area contributed by atoms with Gasteiger partial charge in [-0.3, -0.25) is 14.4 Å². The summed E-state index contributed by atoms with van der Waals surface area (Å²) in [4.78, 5) is 22.6. The van der Waals surface area contributed by atoms with E-state index in [1.165, 1.54) is 0 Å². The summed E-state index contributed by atoms with van der Waals surface area (Å²) in [5.41, 5.74) is 2.86. The Bertz CT molecular complexity index is 1220. The number of hydrogen-bond acceptors (Lipinski definition) is 4. The van der Waals surface area contributed by atoms with Crippen LogP contribution < -0.4 is 5.56 Å². The van der Waals surface area contributed by atoms with Crippen molar-refractivity contribution in [1.82, 2.24) is 14.4 Å². The maximum Gasteiger partial charge on any atom is 0.264 e. The Hall–Kier alpha value is -3.05. The van der Waals surface area contributed by atoms with Gasteiger partial charge in [0.15, 0.2) is 0 Å². The molecule has 0 bridgehead atoms. The van der Waals surface area contributed by atoms with E-state index in [0.29, 0.717) is 17.1 Å². The molecule has 6 heteroatoms. The molecule has 3 heterocycles. The van der Waals surface area contributed by atoms with Crippen LogP contribution in [0.3, 0.4) is 0 Å². The highest BCUT2D eigenvalue weighted by atomic mass is 35.5. The van der Waals surface area contributed by atoms with Crippen molar-refractivity contribution in [1.29, 1.82) is 0 Å². The zero-order chi connectivity index (χ0) is 20.7. The number of aromatic nitrogens is 1. The van der Waals surface area contributed by atoms with Gasteiger partial charge in [0, 0.05) is 37.4 Å². The van der Waals surface area contributed by atoms with E-state index in [0.717, 1.165) is 41.9 Å². The fourth-order valence-corrected chi connectivity index (χ4v) is 4.79. The molecule has 1 aromatic heterocycles. The minimum atomic E-state index is -0.0745. The maximum atomic E-state index is 13.7. The lowest BCUT2D eigenvalue weighted by Crippen LogP contribution is -2.32. The molecule has 3 aromatic rings. The van der Waals surface area contributed by atoms with Crippen molar-refractivity contribution in [2.75, 3.05) is 20.3 Å². The standard InChI is InChI=1S/C24H23ClN4O/c1-27-15-19(14-26-16-27)28-12-6-11-21(28)22-13-17-7-5-10-20(25)23(17)24(30)29(22)18-8-3-2-4-9-18/h2-5,7-10,13-15,21H,6,11-12,16H2,1H3. The number of halogens is 1.